The van der Waals surface area contributed by atoms with Crippen molar-refractivity contribution in [3.8, 4) is 0 Å². The lowest BCUT2D eigenvalue weighted by molar-refractivity contribution is 0.0953. The van der Waals surface area contributed by atoms with Gasteiger partial charge in [0.25, 0.3) is 11.8 Å². The van der Waals surface area contributed by atoms with Gasteiger partial charge in [-0.25, -0.2) is 0 Å². The van der Waals surface area contributed by atoms with Gasteiger partial charge in [0.15, 0.2) is 5.43 Å². The number of carbonyl (C=O) groups is 2. The van der Waals surface area contributed by atoms with E-state index in [9.17, 15) is 14.4 Å². The fourth-order valence-electron chi connectivity index (χ4n) is 1.06. The van der Waals surface area contributed by atoms with E-state index in [1.165, 1.54) is 14.1 Å². The Labute approximate surface area is 85.7 Å². The van der Waals surface area contributed by atoms with Crippen molar-refractivity contribution in [3.63, 3.8) is 0 Å². The molecule has 0 atom stereocenters. The lowest BCUT2D eigenvalue weighted by Gasteiger charge is -2.03. The number of pyridine rings is 1. The lowest BCUT2D eigenvalue weighted by atomic mass is 10.2. The number of amides is 2. The van der Waals surface area contributed by atoms with Crippen LogP contribution in [-0.2, 0) is 0 Å². The molecule has 0 bridgehead atoms. The standard InChI is InChI=1S/C9H11N3O3/c1-10-8(14)6-3-5(13)4-7(12-6)9(15)11-2/h3-4H,1-2H3,(H,10,14)(H,11,15)(H,12,13). The molecule has 1 aromatic heterocycles. The summed E-state index contributed by atoms with van der Waals surface area (Å²) in [5.41, 5.74) is -0.279. The summed E-state index contributed by atoms with van der Waals surface area (Å²) in [6.07, 6.45) is 0. The third-order valence-corrected chi connectivity index (χ3v) is 1.79. The second-order valence-corrected chi connectivity index (χ2v) is 2.80. The highest BCUT2D eigenvalue weighted by Gasteiger charge is 2.10. The Kier molecular flexibility index (Phi) is 3.22. The summed E-state index contributed by atoms with van der Waals surface area (Å²) in [5.74, 6) is -0.893. The smallest absolute Gasteiger partial charge is 0.267 e. The molecule has 0 aliphatic carbocycles. The predicted molar refractivity (Wildman–Crippen MR) is 53.8 cm³/mol. The highest BCUT2D eigenvalue weighted by molar-refractivity contribution is 5.95. The van der Waals surface area contributed by atoms with Crippen LogP contribution in [0.5, 0.6) is 0 Å². The molecule has 1 heterocycles. The normalized spacial score (nSPS) is 9.47. The summed E-state index contributed by atoms with van der Waals surface area (Å²) in [4.78, 5) is 36.2. The Morgan fingerprint density at radius 3 is 1.80 bits per heavy atom. The predicted octanol–water partition coefficient (Wildman–Crippen LogP) is -0.906. The van der Waals surface area contributed by atoms with Crippen molar-refractivity contribution in [1.29, 1.82) is 0 Å². The summed E-state index contributed by atoms with van der Waals surface area (Å²) in [6.45, 7) is 0. The molecular formula is C9H11N3O3. The largest absolute Gasteiger partial charge is 0.354 e. The SMILES string of the molecule is CNC(=O)c1cc(=O)cc(C(=O)NC)[nH]1. The van der Waals surface area contributed by atoms with Gasteiger partial charge >= 0.3 is 0 Å². The number of rotatable bonds is 2. The Morgan fingerprint density at radius 1 is 1.07 bits per heavy atom. The molecule has 1 aromatic rings. The molecule has 0 radical (unpaired) electrons. The molecule has 3 N–H and O–H groups in total. The Morgan fingerprint density at radius 2 is 1.47 bits per heavy atom. The minimum atomic E-state index is -0.446. The van der Waals surface area contributed by atoms with Gasteiger partial charge in [-0.2, -0.15) is 0 Å². The molecule has 0 spiro atoms. The van der Waals surface area contributed by atoms with Crippen LogP contribution in [0.25, 0.3) is 0 Å². The molecule has 0 saturated carbocycles. The van der Waals surface area contributed by atoms with Crippen molar-refractivity contribution in [3.05, 3.63) is 33.7 Å². The maximum absolute atomic E-state index is 11.2. The van der Waals surface area contributed by atoms with Gasteiger partial charge in [-0.05, 0) is 0 Å². The molecule has 0 unspecified atom stereocenters. The molecule has 15 heavy (non-hydrogen) atoms. The summed E-state index contributed by atoms with van der Waals surface area (Å²) >= 11 is 0. The van der Waals surface area contributed by atoms with Crippen LogP contribution in [0.1, 0.15) is 21.0 Å². The van der Waals surface area contributed by atoms with E-state index < -0.39 is 17.2 Å². The Bertz CT molecular complexity index is 413. The highest BCUT2D eigenvalue weighted by atomic mass is 16.2. The van der Waals surface area contributed by atoms with E-state index >= 15 is 0 Å². The first-order valence-electron chi connectivity index (χ1n) is 4.27. The van der Waals surface area contributed by atoms with Crippen molar-refractivity contribution >= 4 is 11.8 Å². The highest BCUT2D eigenvalue weighted by Crippen LogP contribution is 1.95. The molecule has 0 fully saturated rings. The van der Waals surface area contributed by atoms with E-state index in [0.29, 0.717) is 0 Å². The Balaban J connectivity index is 3.22. The zero-order valence-corrected chi connectivity index (χ0v) is 8.38. The quantitative estimate of drug-likeness (QED) is 0.589. The number of aromatic nitrogens is 1. The number of hydrogen-bond donors (Lipinski definition) is 3. The zero-order valence-electron chi connectivity index (χ0n) is 8.38. The van der Waals surface area contributed by atoms with Crippen LogP contribution in [0.3, 0.4) is 0 Å². The molecule has 80 valence electrons. The van der Waals surface area contributed by atoms with E-state index in [0.717, 1.165) is 12.1 Å². The van der Waals surface area contributed by atoms with Crippen LogP contribution in [0.2, 0.25) is 0 Å². The van der Waals surface area contributed by atoms with Crippen LogP contribution < -0.4 is 16.1 Å². The molecule has 6 nitrogen and oxygen atoms in total. The zero-order chi connectivity index (χ0) is 11.4. The molecule has 0 aliphatic heterocycles. The first-order valence-corrected chi connectivity index (χ1v) is 4.27. The van der Waals surface area contributed by atoms with Gasteiger partial charge in [0.05, 0.1) is 0 Å². The van der Waals surface area contributed by atoms with Crippen molar-refractivity contribution in [2.24, 2.45) is 0 Å². The average Bonchev–Trinajstić information content (AvgIpc) is 2.26. The molecule has 0 saturated heterocycles. The maximum atomic E-state index is 11.2. The van der Waals surface area contributed by atoms with Crippen molar-refractivity contribution < 1.29 is 9.59 Å². The number of carbonyl (C=O) groups excluding carboxylic acids is 2. The first kappa shape index (κ1) is 11.0. The lowest BCUT2D eigenvalue weighted by Crippen LogP contribution is -2.26. The minimum absolute atomic E-state index is 0.0589. The number of nitrogens with one attached hydrogen (secondary N) is 3. The third-order valence-electron chi connectivity index (χ3n) is 1.79. The fourth-order valence-corrected chi connectivity index (χ4v) is 1.06. The first-order chi connectivity index (χ1) is 7.08. The molecule has 1 rings (SSSR count). The summed E-state index contributed by atoms with van der Waals surface area (Å²) in [6, 6.07) is 2.26. The van der Waals surface area contributed by atoms with Gasteiger partial charge in [-0.3, -0.25) is 14.4 Å². The van der Waals surface area contributed by atoms with Crippen molar-refractivity contribution in [2.75, 3.05) is 14.1 Å². The van der Waals surface area contributed by atoms with Gasteiger partial charge in [0, 0.05) is 26.2 Å². The summed E-state index contributed by atoms with van der Waals surface area (Å²) in [5, 5.41) is 4.70. The third kappa shape index (κ3) is 2.43. The molecule has 6 heteroatoms. The number of aromatic amines is 1. The average molecular weight is 209 g/mol. The molecular weight excluding hydrogens is 198 g/mol. The maximum Gasteiger partial charge on any atom is 0.267 e. The monoisotopic (exact) mass is 209 g/mol. The second kappa shape index (κ2) is 4.41. The summed E-state index contributed by atoms with van der Waals surface area (Å²) < 4.78 is 0. The van der Waals surface area contributed by atoms with E-state index in [4.69, 9.17) is 0 Å². The van der Waals surface area contributed by atoms with Gasteiger partial charge < -0.3 is 15.6 Å². The van der Waals surface area contributed by atoms with Crippen LogP contribution >= 0.6 is 0 Å². The van der Waals surface area contributed by atoms with Gasteiger partial charge in [-0.15, -0.1) is 0 Å². The van der Waals surface area contributed by atoms with Crippen LogP contribution in [-0.4, -0.2) is 30.9 Å². The van der Waals surface area contributed by atoms with Gasteiger partial charge in [0.2, 0.25) is 0 Å². The summed E-state index contributed by atoms with van der Waals surface area (Å²) in [7, 11) is 2.88. The van der Waals surface area contributed by atoms with E-state index in [-0.39, 0.29) is 11.4 Å². The van der Waals surface area contributed by atoms with E-state index in [1.54, 1.807) is 0 Å². The molecule has 2 amide bonds. The van der Waals surface area contributed by atoms with Crippen LogP contribution in [0.15, 0.2) is 16.9 Å². The van der Waals surface area contributed by atoms with E-state index in [1.807, 2.05) is 0 Å². The van der Waals surface area contributed by atoms with Gasteiger partial charge in [0.1, 0.15) is 11.4 Å². The van der Waals surface area contributed by atoms with Crippen LogP contribution in [0, 0.1) is 0 Å². The molecule has 0 aromatic carbocycles. The fraction of sp³-hybridized carbons (Fsp3) is 0.222. The minimum Gasteiger partial charge on any atom is -0.354 e. The molecule has 0 aliphatic rings. The Hall–Kier alpha value is -2.11. The van der Waals surface area contributed by atoms with Crippen molar-refractivity contribution in [1.82, 2.24) is 15.6 Å². The number of hydrogen-bond acceptors (Lipinski definition) is 3. The van der Waals surface area contributed by atoms with Gasteiger partial charge in [-0.1, -0.05) is 0 Å². The number of H-pyrrole nitrogens is 1. The topological polar surface area (TPSA) is 91.1 Å². The van der Waals surface area contributed by atoms with Crippen molar-refractivity contribution in [2.45, 2.75) is 0 Å². The van der Waals surface area contributed by atoms with Crippen LogP contribution in [0.4, 0.5) is 0 Å². The second-order valence-electron chi connectivity index (χ2n) is 2.80. The van der Waals surface area contributed by atoms with E-state index in [2.05, 4.69) is 15.6 Å².